The zero-order valence-electron chi connectivity index (χ0n) is 10.6. The molecule has 6 nitrogen and oxygen atoms in total. The Labute approximate surface area is 104 Å². The van der Waals surface area contributed by atoms with Crippen LogP contribution in [-0.2, 0) is 11.3 Å². The normalized spacial score (nSPS) is 10.4. The standard InChI is InChI=1S/C12H16N2O4/c1-8(2)13(3)11(16)7-14-5-4-10(15)9(6-14)12(17)18/h4-6,8H,7H2,1-3H3,(H,17,18). The van der Waals surface area contributed by atoms with Crippen molar-refractivity contribution in [2.75, 3.05) is 7.05 Å². The number of amides is 1. The van der Waals surface area contributed by atoms with Crippen molar-refractivity contribution < 1.29 is 14.7 Å². The van der Waals surface area contributed by atoms with Gasteiger partial charge >= 0.3 is 5.97 Å². The predicted molar refractivity (Wildman–Crippen MR) is 65.6 cm³/mol. The fourth-order valence-electron chi connectivity index (χ4n) is 1.34. The molecule has 0 fully saturated rings. The van der Waals surface area contributed by atoms with Crippen LogP contribution in [-0.4, -0.2) is 39.5 Å². The summed E-state index contributed by atoms with van der Waals surface area (Å²) in [5, 5.41) is 8.81. The van der Waals surface area contributed by atoms with Crippen molar-refractivity contribution in [1.29, 1.82) is 0 Å². The number of hydrogen-bond acceptors (Lipinski definition) is 3. The largest absolute Gasteiger partial charge is 0.477 e. The molecule has 0 saturated heterocycles. The minimum atomic E-state index is -1.29. The maximum Gasteiger partial charge on any atom is 0.341 e. The Morgan fingerprint density at radius 1 is 1.44 bits per heavy atom. The smallest absolute Gasteiger partial charge is 0.341 e. The lowest BCUT2D eigenvalue weighted by molar-refractivity contribution is -0.132. The first-order chi connectivity index (χ1) is 8.32. The summed E-state index contributed by atoms with van der Waals surface area (Å²) in [4.78, 5) is 35.4. The molecule has 1 rings (SSSR count). The van der Waals surface area contributed by atoms with Crippen molar-refractivity contribution in [2.24, 2.45) is 0 Å². The molecule has 1 N–H and O–H groups in total. The van der Waals surface area contributed by atoms with Gasteiger partial charge in [-0.15, -0.1) is 0 Å². The quantitative estimate of drug-likeness (QED) is 0.841. The molecule has 0 unspecified atom stereocenters. The van der Waals surface area contributed by atoms with Crippen LogP contribution in [0.2, 0.25) is 0 Å². The zero-order valence-corrected chi connectivity index (χ0v) is 10.6. The summed E-state index contributed by atoms with van der Waals surface area (Å²) >= 11 is 0. The summed E-state index contributed by atoms with van der Waals surface area (Å²) in [6.07, 6.45) is 2.58. The summed E-state index contributed by atoms with van der Waals surface area (Å²) in [5.74, 6) is -1.44. The Morgan fingerprint density at radius 2 is 2.06 bits per heavy atom. The topological polar surface area (TPSA) is 79.6 Å². The SMILES string of the molecule is CC(C)N(C)C(=O)Cn1ccc(=O)c(C(=O)O)c1. The predicted octanol–water partition coefficient (Wildman–Crippen LogP) is 0.413. The molecule has 0 radical (unpaired) electrons. The highest BCUT2D eigenvalue weighted by atomic mass is 16.4. The average Bonchev–Trinajstić information content (AvgIpc) is 2.29. The van der Waals surface area contributed by atoms with Gasteiger partial charge in [0.25, 0.3) is 0 Å². The Kier molecular flexibility index (Phi) is 4.25. The number of carboxylic acids is 1. The Balaban J connectivity index is 2.93. The molecule has 1 heterocycles. The van der Waals surface area contributed by atoms with Crippen LogP contribution in [0.1, 0.15) is 24.2 Å². The second kappa shape index (κ2) is 5.48. The third kappa shape index (κ3) is 3.19. The molecule has 0 aliphatic heterocycles. The first-order valence-corrected chi connectivity index (χ1v) is 5.52. The van der Waals surface area contributed by atoms with E-state index < -0.39 is 11.4 Å². The Bertz CT molecular complexity index is 519. The van der Waals surface area contributed by atoms with Crippen LogP contribution in [0.5, 0.6) is 0 Å². The maximum atomic E-state index is 11.8. The summed E-state index contributed by atoms with van der Waals surface area (Å²) in [7, 11) is 1.67. The molecular weight excluding hydrogens is 236 g/mol. The number of rotatable bonds is 4. The van der Waals surface area contributed by atoms with Gasteiger partial charge in [0, 0.05) is 31.5 Å². The Morgan fingerprint density at radius 3 is 2.56 bits per heavy atom. The van der Waals surface area contributed by atoms with E-state index in [0.29, 0.717) is 0 Å². The minimum Gasteiger partial charge on any atom is -0.477 e. The molecule has 0 bridgehead atoms. The number of aromatic nitrogens is 1. The molecule has 98 valence electrons. The molecule has 1 aromatic rings. The monoisotopic (exact) mass is 252 g/mol. The second-order valence-electron chi connectivity index (χ2n) is 4.30. The van der Waals surface area contributed by atoms with Gasteiger partial charge in [-0.1, -0.05) is 0 Å². The van der Waals surface area contributed by atoms with Crippen molar-refractivity contribution in [3.05, 3.63) is 34.2 Å². The lowest BCUT2D eigenvalue weighted by atomic mass is 10.2. The molecule has 0 saturated carbocycles. The molecule has 18 heavy (non-hydrogen) atoms. The molecule has 1 aromatic heterocycles. The van der Waals surface area contributed by atoms with Gasteiger partial charge in [0.1, 0.15) is 12.1 Å². The number of nitrogens with zero attached hydrogens (tertiary/aromatic N) is 2. The van der Waals surface area contributed by atoms with Gasteiger partial charge < -0.3 is 14.6 Å². The van der Waals surface area contributed by atoms with E-state index in [1.54, 1.807) is 11.9 Å². The van der Waals surface area contributed by atoms with Gasteiger partial charge in [-0.2, -0.15) is 0 Å². The number of carbonyl (C=O) groups is 2. The van der Waals surface area contributed by atoms with Gasteiger partial charge in [0.05, 0.1) is 0 Å². The van der Waals surface area contributed by atoms with E-state index in [-0.39, 0.29) is 24.1 Å². The third-order valence-corrected chi connectivity index (χ3v) is 2.69. The first kappa shape index (κ1) is 14.0. The van der Waals surface area contributed by atoms with Crippen molar-refractivity contribution >= 4 is 11.9 Å². The molecule has 0 aliphatic carbocycles. The van der Waals surface area contributed by atoms with Crippen molar-refractivity contribution in [3.8, 4) is 0 Å². The molecule has 6 heteroatoms. The van der Waals surface area contributed by atoms with E-state index in [4.69, 9.17) is 5.11 Å². The zero-order chi connectivity index (χ0) is 13.9. The molecule has 0 atom stereocenters. The van der Waals surface area contributed by atoms with Crippen LogP contribution in [0.3, 0.4) is 0 Å². The lowest BCUT2D eigenvalue weighted by Crippen LogP contribution is -2.35. The molecular formula is C12H16N2O4. The first-order valence-electron chi connectivity index (χ1n) is 5.52. The highest BCUT2D eigenvalue weighted by Crippen LogP contribution is 1.99. The van der Waals surface area contributed by atoms with Crippen molar-refractivity contribution in [3.63, 3.8) is 0 Å². The van der Waals surface area contributed by atoms with Gasteiger partial charge in [-0.3, -0.25) is 9.59 Å². The highest BCUT2D eigenvalue weighted by Gasteiger charge is 2.14. The molecule has 0 aliphatic rings. The lowest BCUT2D eigenvalue weighted by Gasteiger charge is -2.22. The number of likely N-dealkylation sites (N-methyl/N-ethyl adjacent to an activating group) is 1. The van der Waals surface area contributed by atoms with Crippen LogP contribution in [0.25, 0.3) is 0 Å². The van der Waals surface area contributed by atoms with Crippen LogP contribution in [0.15, 0.2) is 23.3 Å². The fraction of sp³-hybridized carbons (Fsp3) is 0.417. The summed E-state index contributed by atoms with van der Waals surface area (Å²) < 4.78 is 1.39. The fourth-order valence-corrected chi connectivity index (χ4v) is 1.34. The number of hydrogen-bond donors (Lipinski definition) is 1. The third-order valence-electron chi connectivity index (χ3n) is 2.69. The van der Waals surface area contributed by atoms with E-state index in [1.807, 2.05) is 13.8 Å². The second-order valence-corrected chi connectivity index (χ2v) is 4.30. The van der Waals surface area contributed by atoms with Gasteiger partial charge in [-0.05, 0) is 13.8 Å². The van der Waals surface area contributed by atoms with E-state index in [2.05, 4.69) is 0 Å². The number of carbonyl (C=O) groups excluding carboxylic acids is 1. The summed E-state index contributed by atoms with van der Waals surface area (Å²) in [5.41, 5.74) is -0.902. The molecule has 1 amide bonds. The minimum absolute atomic E-state index is 0.00917. The molecule has 0 aromatic carbocycles. The van der Waals surface area contributed by atoms with E-state index >= 15 is 0 Å². The Hall–Kier alpha value is -2.11. The van der Waals surface area contributed by atoms with Crippen LogP contribution in [0.4, 0.5) is 0 Å². The van der Waals surface area contributed by atoms with Crippen LogP contribution in [0, 0.1) is 0 Å². The van der Waals surface area contributed by atoms with Crippen LogP contribution < -0.4 is 5.43 Å². The highest BCUT2D eigenvalue weighted by molar-refractivity contribution is 5.87. The summed E-state index contributed by atoms with van der Waals surface area (Å²) in [6, 6.07) is 1.21. The van der Waals surface area contributed by atoms with E-state index in [1.165, 1.54) is 17.0 Å². The van der Waals surface area contributed by atoms with Crippen molar-refractivity contribution in [2.45, 2.75) is 26.4 Å². The average molecular weight is 252 g/mol. The summed E-state index contributed by atoms with van der Waals surface area (Å²) in [6.45, 7) is 3.77. The van der Waals surface area contributed by atoms with E-state index in [9.17, 15) is 14.4 Å². The number of carboxylic acid groups (broad SMARTS) is 1. The van der Waals surface area contributed by atoms with Crippen molar-refractivity contribution in [1.82, 2.24) is 9.47 Å². The van der Waals surface area contributed by atoms with E-state index in [0.717, 1.165) is 6.07 Å². The number of pyridine rings is 1. The van der Waals surface area contributed by atoms with Gasteiger partial charge in [0.15, 0.2) is 5.43 Å². The maximum absolute atomic E-state index is 11.8. The van der Waals surface area contributed by atoms with Crippen LogP contribution >= 0.6 is 0 Å². The molecule has 0 spiro atoms. The van der Waals surface area contributed by atoms with Gasteiger partial charge in [-0.25, -0.2) is 4.79 Å². The van der Waals surface area contributed by atoms with Gasteiger partial charge in [0.2, 0.25) is 5.91 Å². The number of aromatic carboxylic acids is 1.